The molecule has 194 valence electrons. The molecule has 3 aromatic heterocycles. The van der Waals surface area contributed by atoms with Crippen LogP contribution < -0.4 is 15.4 Å². The Hall–Kier alpha value is -4.15. The molecule has 1 aliphatic heterocycles. The molecule has 0 unspecified atom stereocenters. The predicted molar refractivity (Wildman–Crippen MR) is 141 cm³/mol. The fourth-order valence-corrected chi connectivity index (χ4v) is 4.77. The first-order chi connectivity index (χ1) is 18.5. The van der Waals surface area contributed by atoms with Gasteiger partial charge in [-0.15, -0.1) is 0 Å². The minimum Gasteiger partial charge on any atom is -0.475 e. The number of aliphatic hydroxyl groups excluding tert-OH is 1. The van der Waals surface area contributed by atoms with Gasteiger partial charge in [-0.05, 0) is 43.0 Å². The normalized spacial score (nSPS) is 14.5. The second-order valence-corrected chi connectivity index (χ2v) is 9.62. The van der Waals surface area contributed by atoms with Gasteiger partial charge in [0.25, 0.3) is 5.91 Å². The van der Waals surface area contributed by atoms with E-state index in [-0.39, 0.29) is 25.7 Å². The van der Waals surface area contributed by atoms with E-state index in [1.165, 1.54) is 0 Å². The molecule has 1 aliphatic carbocycles. The number of fused-ring (bicyclic) bond motifs is 3. The Morgan fingerprint density at radius 1 is 1.13 bits per heavy atom. The van der Waals surface area contributed by atoms with Crippen LogP contribution in [0.2, 0.25) is 0 Å². The van der Waals surface area contributed by atoms with E-state index in [1.807, 2.05) is 25.1 Å². The number of aryl methyl sites for hydroxylation is 1. The molecule has 0 atom stereocenters. The molecule has 1 fully saturated rings. The highest BCUT2D eigenvalue weighted by molar-refractivity contribution is 6.06. The zero-order valence-corrected chi connectivity index (χ0v) is 21.1. The van der Waals surface area contributed by atoms with Crippen LogP contribution >= 0.6 is 0 Å². The maximum atomic E-state index is 13.8. The third-order valence-corrected chi connectivity index (χ3v) is 6.91. The molecule has 0 bridgehead atoms. The lowest BCUT2D eigenvalue weighted by Gasteiger charge is -2.25. The molecule has 0 spiro atoms. The van der Waals surface area contributed by atoms with Crippen molar-refractivity contribution in [2.24, 2.45) is 0 Å². The number of pyridine rings is 2. The van der Waals surface area contributed by atoms with Crippen LogP contribution in [0.3, 0.4) is 0 Å². The summed E-state index contributed by atoms with van der Waals surface area (Å²) in [7, 11) is 0. The number of amides is 1. The summed E-state index contributed by atoms with van der Waals surface area (Å²) >= 11 is 0. The van der Waals surface area contributed by atoms with Crippen LogP contribution in [0.15, 0.2) is 42.7 Å². The highest BCUT2D eigenvalue weighted by atomic mass is 16.5. The fraction of sp³-hybridized carbons (Fsp3) is 0.321. The lowest BCUT2D eigenvalue weighted by Crippen LogP contribution is -2.31. The van der Waals surface area contributed by atoms with Gasteiger partial charge in [-0.3, -0.25) is 4.79 Å². The molecule has 1 aromatic carbocycles. The van der Waals surface area contributed by atoms with Crippen LogP contribution in [-0.4, -0.2) is 44.2 Å². The van der Waals surface area contributed by atoms with E-state index in [9.17, 15) is 4.79 Å². The number of rotatable bonds is 8. The lowest BCUT2D eigenvalue weighted by atomic mass is 10.0. The van der Waals surface area contributed by atoms with Crippen LogP contribution in [0.5, 0.6) is 5.88 Å². The number of nitrogens with two attached hydrogens (primary N) is 1. The average molecular weight is 513 g/mol. The van der Waals surface area contributed by atoms with Gasteiger partial charge in [0.15, 0.2) is 0 Å². The highest BCUT2D eigenvalue weighted by Gasteiger charge is 2.28. The third kappa shape index (κ3) is 4.64. The van der Waals surface area contributed by atoms with E-state index in [1.54, 1.807) is 29.4 Å². The van der Waals surface area contributed by atoms with Gasteiger partial charge in [0.05, 0.1) is 48.8 Å². The number of carbonyl (C=O) groups excluding carboxylic acids is 1. The van der Waals surface area contributed by atoms with Gasteiger partial charge in [-0.2, -0.15) is 0 Å². The predicted octanol–water partition coefficient (Wildman–Crippen LogP) is 3.44. The Labute approximate surface area is 219 Å². The van der Waals surface area contributed by atoms with Gasteiger partial charge >= 0.3 is 0 Å². The van der Waals surface area contributed by atoms with Gasteiger partial charge < -0.3 is 25.2 Å². The number of hydrogen-bond acceptors (Lipinski definition) is 9. The summed E-state index contributed by atoms with van der Waals surface area (Å²) in [6, 6.07) is 9.45. The van der Waals surface area contributed by atoms with E-state index in [2.05, 4.69) is 19.9 Å². The maximum absolute atomic E-state index is 13.8. The van der Waals surface area contributed by atoms with Crippen molar-refractivity contribution in [1.29, 1.82) is 0 Å². The van der Waals surface area contributed by atoms with E-state index in [0.717, 1.165) is 46.3 Å². The standard InChI is InChI=1S/C28H28N6O4/c1-16-24(6-7-25(32-16)38-9-8-35)34(28(36)19-11-30-27(31-12-19)18-3-4-18)13-17-2-5-20-21-14-37-15-22(21)26(29)33-23(20)10-17/h2,5-7,10-12,18,35H,3-4,8-9,13-15H2,1H3,(H2,29,33). The third-order valence-electron chi connectivity index (χ3n) is 6.91. The summed E-state index contributed by atoms with van der Waals surface area (Å²) in [5.41, 5.74) is 11.5. The summed E-state index contributed by atoms with van der Waals surface area (Å²) < 4.78 is 11.1. The summed E-state index contributed by atoms with van der Waals surface area (Å²) in [4.78, 5) is 33.5. The molecule has 1 amide bonds. The van der Waals surface area contributed by atoms with Crippen LogP contribution in [0.25, 0.3) is 10.9 Å². The summed E-state index contributed by atoms with van der Waals surface area (Å²) in [5.74, 6) is 1.80. The minimum absolute atomic E-state index is 0.111. The van der Waals surface area contributed by atoms with Gasteiger partial charge in [-0.1, -0.05) is 12.1 Å². The SMILES string of the molecule is Cc1nc(OCCO)ccc1N(Cc1ccc2c3c(c(N)nc2c1)COC3)C(=O)c1cnc(C2CC2)nc1. The van der Waals surface area contributed by atoms with Gasteiger partial charge in [0, 0.05) is 35.3 Å². The number of nitrogen functional groups attached to an aromatic ring is 1. The molecule has 1 saturated carbocycles. The number of carbonyl (C=O) groups is 1. The molecule has 0 radical (unpaired) electrons. The molecule has 4 heterocycles. The van der Waals surface area contributed by atoms with Crippen molar-refractivity contribution >= 4 is 28.3 Å². The van der Waals surface area contributed by atoms with Crippen molar-refractivity contribution in [3.05, 3.63) is 76.5 Å². The van der Waals surface area contributed by atoms with E-state index < -0.39 is 0 Å². The van der Waals surface area contributed by atoms with E-state index >= 15 is 0 Å². The summed E-state index contributed by atoms with van der Waals surface area (Å²) in [6.07, 6.45) is 5.38. The molecular formula is C28H28N6O4. The second kappa shape index (κ2) is 9.96. The quantitative estimate of drug-likeness (QED) is 0.364. The summed E-state index contributed by atoms with van der Waals surface area (Å²) in [5, 5.41) is 10.1. The van der Waals surface area contributed by atoms with Crippen LogP contribution in [0, 0.1) is 6.92 Å². The van der Waals surface area contributed by atoms with Gasteiger partial charge in [0.1, 0.15) is 18.2 Å². The second-order valence-electron chi connectivity index (χ2n) is 9.62. The van der Waals surface area contributed by atoms with Crippen LogP contribution in [0.4, 0.5) is 11.5 Å². The highest BCUT2D eigenvalue weighted by Crippen LogP contribution is 2.38. The maximum Gasteiger partial charge on any atom is 0.261 e. The zero-order chi connectivity index (χ0) is 26.2. The molecular weight excluding hydrogens is 484 g/mol. The molecule has 10 nitrogen and oxygen atoms in total. The molecule has 3 N–H and O–H groups in total. The number of ether oxygens (including phenoxy) is 2. The van der Waals surface area contributed by atoms with Crippen LogP contribution in [0.1, 0.15) is 57.3 Å². The van der Waals surface area contributed by atoms with Gasteiger partial charge in [-0.25, -0.2) is 19.9 Å². The number of aliphatic hydroxyl groups is 1. The Bertz CT molecular complexity index is 1520. The molecule has 2 aliphatic rings. The van der Waals surface area contributed by atoms with Crippen molar-refractivity contribution in [3.8, 4) is 5.88 Å². The molecule has 0 saturated heterocycles. The zero-order valence-electron chi connectivity index (χ0n) is 21.1. The van der Waals surface area contributed by atoms with Crippen molar-refractivity contribution in [1.82, 2.24) is 19.9 Å². The Balaban J connectivity index is 1.36. The average Bonchev–Trinajstić information content (AvgIpc) is 3.66. The van der Waals surface area contributed by atoms with E-state index in [0.29, 0.717) is 47.8 Å². The van der Waals surface area contributed by atoms with Crippen molar-refractivity contribution < 1.29 is 19.4 Å². The number of nitrogens with zero attached hydrogens (tertiary/aromatic N) is 5. The first-order valence-electron chi connectivity index (χ1n) is 12.6. The molecule has 4 aromatic rings. The topological polar surface area (TPSA) is 137 Å². The Morgan fingerprint density at radius 2 is 1.92 bits per heavy atom. The number of aromatic nitrogens is 4. The number of hydrogen-bond donors (Lipinski definition) is 2. The monoisotopic (exact) mass is 512 g/mol. The van der Waals surface area contributed by atoms with Gasteiger partial charge in [0.2, 0.25) is 5.88 Å². The first-order valence-corrected chi connectivity index (χ1v) is 12.6. The minimum atomic E-state index is -0.240. The van der Waals surface area contributed by atoms with Crippen molar-refractivity contribution in [3.63, 3.8) is 0 Å². The van der Waals surface area contributed by atoms with E-state index in [4.69, 9.17) is 20.3 Å². The first kappa shape index (κ1) is 24.2. The fourth-order valence-electron chi connectivity index (χ4n) is 4.77. The lowest BCUT2D eigenvalue weighted by molar-refractivity contribution is 0.0984. The van der Waals surface area contributed by atoms with Crippen molar-refractivity contribution in [2.75, 3.05) is 23.8 Å². The molecule has 10 heteroatoms. The largest absolute Gasteiger partial charge is 0.475 e. The number of benzene rings is 1. The Morgan fingerprint density at radius 3 is 2.66 bits per heavy atom. The van der Waals surface area contributed by atoms with Crippen molar-refractivity contribution in [2.45, 2.75) is 45.4 Å². The smallest absolute Gasteiger partial charge is 0.261 e. The molecule has 38 heavy (non-hydrogen) atoms. The molecule has 6 rings (SSSR count). The number of anilines is 2. The summed E-state index contributed by atoms with van der Waals surface area (Å²) in [6.45, 7) is 3.10. The van der Waals surface area contributed by atoms with Crippen LogP contribution in [-0.2, 0) is 24.5 Å². The Kier molecular flexibility index (Phi) is 6.34.